The van der Waals surface area contributed by atoms with Crippen molar-refractivity contribution in [1.82, 2.24) is 10.1 Å². The van der Waals surface area contributed by atoms with E-state index < -0.39 is 0 Å². The SMILES string of the molecule is COc1ccccc1COc1cccc(-c2noc(-c3ccc4c(c3)OCO4)n2)c1. The Labute approximate surface area is 172 Å². The largest absolute Gasteiger partial charge is 0.496 e. The lowest BCUT2D eigenvalue weighted by Crippen LogP contribution is -1.98. The van der Waals surface area contributed by atoms with Gasteiger partial charge in [-0.05, 0) is 36.4 Å². The van der Waals surface area contributed by atoms with Crippen LogP contribution in [0.1, 0.15) is 5.56 Å². The van der Waals surface area contributed by atoms with Gasteiger partial charge in [0.1, 0.15) is 18.1 Å². The maximum atomic E-state index is 5.94. The van der Waals surface area contributed by atoms with Crippen LogP contribution >= 0.6 is 0 Å². The first kappa shape index (κ1) is 18.1. The average Bonchev–Trinajstić information content (AvgIpc) is 3.47. The molecule has 0 amide bonds. The minimum absolute atomic E-state index is 0.218. The summed E-state index contributed by atoms with van der Waals surface area (Å²) < 4.78 is 27.5. The van der Waals surface area contributed by atoms with Gasteiger partial charge in [0.2, 0.25) is 12.6 Å². The number of rotatable bonds is 6. The Hall–Kier alpha value is -4.00. The van der Waals surface area contributed by atoms with E-state index in [-0.39, 0.29) is 6.79 Å². The van der Waals surface area contributed by atoms with E-state index in [1.807, 2.05) is 66.7 Å². The van der Waals surface area contributed by atoms with Gasteiger partial charge in [0, 0.05) is 16.7 Å². The van der Waals surface area contributed by atoms with Crippen LogP contribution in [-0.4, -0.2) is 24.0 Å². The molecule has 30 heavy (non-hydrogen) atoms. The quantitative estimate of drug-likeness (QED) is 0.462. The fourth-order valence-corrected chi connectivity index (χ4v) is 3.20. The lowest BCUT2D eigenvalue weighted by Gasteiger charge is -2.10. The molecule has 1 aliphatic heterocycles. The zero-order valence-corrected chi connectivity index (χ0v) is 16.2. The van der Waals surface area contributed by atoms with Gasteiger partial charge in [-0.15, -0.1) is 0 Å². The molecular weight excluding hydrogens is 384 g/mol. The molecule has 4 aromatic rings. The van der Waals surface area contributed by atoms with Crippen molar-refractivity contribution in [2.24, 2.45) is 0 Å². The number of para-hydroxylation sites is 1. The summed E-state index contributed by atoms with van der Waals surface area (Å²) in [5.74, 6) is 3.75. The third-order valence-electron chi connectivity index (χ3n) is 4.72. The van der Waals surface area contributed by atoms with Gasteiger partial charge in [-0.3, -0.25) is 0 Å². The molecule has 150 valence electrons. The third-order valence-corrected chi connectivity index (χ3v) is 4.72. The first-order valence-electron chi connectivity index (χ1n) is 9.39. The second-order valence-corrected chi connectivity index (χ2v) is 6.62. The lowest BCUT2D eigenvalue weighted by molar-refractivity contribution is 0.174. The van der Waals surface area contributed by atoms with Gasteiger partial charge in [0.25, 0.3) is 5.89 Å². The maximum absolute atomic E-state index is 5.94. The molecule has 3 aromatic carbocycles. The van der Waals surface area contributed by atoms with Gasteiger partial charge >= 0.3 is 0 Å². The maximum Gasteiger partial charge on any atom is 0.258 e. The highest BCUT2D eigenvalue weighted by Crippen LogP contribution is 2.36. The summed E-state index contributed by atoms with van der Waals surface area (Å²) in [5.41, 5.74) is 2.53. The molecule has 0 saturated carbocycles. The van der Waals surface area contributed by atoms with E-state index in [0.29, 0.717) is 35.6 Å². The van der Waals surface area contributed by atoms with Gasteiger partial charge in [-0.25, -0.2) is 0 Å². The van der Waals surface area contributed by atoms with E-state index in [9.17, 15) is 0 Å². The third kappa shape index (κ3) is 3.53. The Morgan fingerprint density at radius 1 is 0.900 bits per heavy atom. The number of methoxy groups -OCH3 is 1. The highest BCUT2D eigenvalue weighted by Gasteiger charge is 2.17. The highest BCUT2D eigenvalue weighted by molar-refractivity contribution is 5.64. The van der Waals surface area contributed by atoms with Crippen molar-refractivity contribution in [3.8, 4) is 45.8 Å². The summed E-state index contributed by atoms with van der Waals surface area (Å²) in [6.07, 6.45) is 0. The molecule has 0 bridgehead atoms. The van der Waals surface area contributed by atoms with Crippen LogP contribution in [0.2, 0.25) is 0 Å². The number of hydrogen-bond acceptors (Lipinski definition) is 7. The van der Waals surface area contributed by atoms with E-state index in [4.69, 9.17) is 23.5 Å². The van der Waals surface area contributed by atoms with Crippen molar-refractivity contribution in [1.29, 1.82) is 0 Å². The molecule has 5 rings (SSSR count). The predicted molar refractivity (Wildman–Crippen MR) is 109 cm³/mol. The van der Waals surface area contributed by atoms with Crippen LogP contribution in [0.25, 0.3) is 22.8 Å². The van der Waals surface area contributed by atoms with Crippen molar-refractivity contribution in [2.45, 2.75) is 6.61 Å². The van der Waals surface area contributed by atoms with Crippen LogP contribution in [0.5, 0.6) is 23.0 Å². The number of hydrogen-bond donors (Lipinski definition) is 0. The second-order valence-electron chi connectivity index (χ2n) is 6.62. The van der Waals surface area contributed by atoms with Crippen LogP contribution in [0, 0.1) is 0 Å². The van der Waals surface area contributed by atoms with Crippen molar-refractivity contribution < 1.29 is 23.5 Å². The number of fused-ring (bicyclic) bond motifs is 1. The van der Waals surface area contributed by atoms with Crippen molar-refractivity contribution in [3.63, 3.8) is 0 Å². The minimum atomic E-state index is 0.218. The molecule has 2 heterocycles. The molecule has 0 saturated heterocycles. The Morgan fingerprint density at radius 3 is 2.73 bits per heavy atom. The molecule has 0 radical (unpaired) electrons. The van der Waals surface area contributed by atoms with Crippen molar-refractivity contribution in [3.05, 3.63) is 72.3 Å². The van der Waals surface area contributed by atoms with E-state index in [0.717, 1.165) is 22.4 Å². The zero-order valence-electron chi connectivity index (χ0n) is 16.2. The van der Waals surface area contributed by atoms with E-state index in [1.165, 1.54) is 0 Å². The highest BCUT2D eigenvalue weighted by atomic mass is 16.7. The summed E-state index contributed by atoms with van der Waals surface area (Å²) in [6.45, 7) is 0.609. The van der Waals surface area contributed by atoms with Crippen LogP contribution in [0.15, 0.2) is 71.3 Å². The summed E-state index contributed by atoms with van der Waals surface area (Å²) in [6, 6.07) is 20.8. The minimum Gasteiger partial charge on any atom is -0.496 e. The molecule has 0 atom stereocenters. The van der Waals surface area contributed by atoms with Gasteiger partial charge in [0.05, 0.1) is 7.11 Å². The van der Waals surface area contributed by atoms with E-state index in [1.54, 1.807) is 7.11 Å². The summed E-state index contributed by atoms with van der Waals surface area (Å²) in [4.78, 5) is 4.51. The Balaban J connectivity index is 1.34. The Bertz CT molecular complexity index is 1190. The number of aromatic nitrogens is 2. The van der Waals surface area contributed by atoms with Gasteiger partial charge in [-0.1, -0.05) is 35.5 Å². The van der Waals surface area contributed by atoms with Crippen LogP contribution in [0.4, 0.5) is 0 Å². The molecule has 7 nitrogen and oxygen atoms in total. The lowest BCUT2D eigenvalue weighted by atomic mass is 10.2. The Kier molecular flexibility index (Phi) is 4.69. The standard InChI is InChI=1S/C23H18N2O5/c1-26-19-8-3-2-5-17(19)13-27-18-7-4-6-15(11-18)22-24-23(30-25-22)16-9-10-20-21(12-16)29-14-28-20/h2-12H,13-14H2,1H3. The molecule has 0 spiro atoms. The van der Waals surface area contributed by atoms with Crippen LogP contribution < -0.4 is 18.9 Å². The fourth-order valence-electron chi connectivity index (χ4n) is 3.20. The number of ether oxygens (including phenoxy) is 4. The first-order chi connectivity index (χ1) is 14.8. The molecule has 1 aromatic heterocycles. The molecule has 0 N–H and O–H groups in total. The number of nitrogens with zero attached hydrogens (tertiary/aromatic N) is 2. The van der Waals surface area contributed by atoms with E-state index >= 15 is 0 Å². The van der Waals surface area contributed by atoms with Gasteiger partial charge in [-0.2, -0.15) is 4.98 Å². The van der Waals surface area contributed by atoms with Gasteiger partial charge in [0.15, 0.2) is 11.5 Å². The fraction of sp³-hybridized carbons (Fsp3) is 0.130. The van der Waals surface area contributed by atoms with Gasteiger partial charge < -0.3 is 23.5 Å². The summed E-state index contributed by atoms with van der Waals surface area (Å²) >= 11 is 0. The van der Waals surface area contributed by atoms with E-state index in [2.05, 4.69) is 10.1 Å². The molecule has 0 fully saturated rings. The first-order valence-corrected chi connectivity index (χ1v) is 9.39. The molecule has 1 aliphatic rings. The normalized spacial score (nSPS) is 12.0. The smallest absolute Gasteiger partial charge is 0.258 e. The monoisotopic (exact) mass is 402 g/mol. The average molecular weight is 402 g/mol. The molecule has 7 heteroatoms. The molecule has 0 unspecified atom stereocenters. The summed E-state index contributed by atoms with van der Waals surface area (Å²) in [7, 11) is 1.65. The molecule has 0 aliphatic carbocycles. The zero-order chi connectivity index (χ0) is 20.3. The van der Waals surface area contributed by atoms with Crippen LogP contribution in [-0.2, 0) is 6.61 Å². The van der Waals surface area contributed by atoms with Crippen molar-refractivity contribution in [2.75, 3.05) is 13.9 Å². The Morgan fingerprint density at radius 2 is 1.80 bits per heavy atom. The molecular formula is C23H18N2O5. The predicted octanol–water partition coefficient (Wildman–Crippen LogP) is 4.72. The number of benzene rings is 3. The second kappa shape index (κ2) is 7.79. The topological polar surface area (TPSA) is 75.8 Å². The summed E-state index contributed by atoms with van der Waals surface area (Å²) in [5, 5.41) is 4.11. The van der Waals surface area contributed by atoms with Crippen LogP contribution in [0.3, 0.4) is 0 Å². The van der Waals surface area contributed by atoms with Crippen molar-refractivity contribution >= 4 is 0 Å².